The van der Waals surface area contributed by atoms with Crippen LogP contribution in [0.3, 0.4) is 0 Å². The zero-order chi connectivity index (χ0) is 17.6. The number of amides is 2. The van der Waals surface area contributed by atoms with Crippen LogP contribution in [0.1, 0.15) is 45.6 Å². The van der Waals surface area contributed by atoms with E-state index in [4.69, 9.17) is 0 Å². The average molecular weight is 349 g/mol. The number of hydrogen-bond donors (Lipinski definition) is 2. The molecule has 0 aliphatic heterocycles. The van der Waals surface area contributed by atoms with E-state index in [0.717, 1.165) is 30.5 Å². The molecule has 1 aromatic rings. The summed E-state index contributed by atoms with van der Waals surface area (Å²) in [6.45, 7) is 6.61. The molecule has 2 rings (SSSR count). The first kappa shape index (κ1) is 18.7. The van der Waals surface area contributed by atoms with Crippen LogP contribution >= 0.6 is 0 Å². The van der Waals surface area contributed by atoms with Crippen LogP contribution in [0.15, 0.2) is 36.4 Å². The van der Waals surface area contributed by atoms with Gasteiger partial charge < -0.3 is 10.6 Å². The molecule has 2 amide bonds. The Balaban J connectivity index is 1.85. The molecule has 0 saturated heterocycles. The van der Waals surface area contributed by atoms with Gasteiger partial charge in [0.2, 0.25) is 0 Å². The lowest BCUT2D eigenvalue weighted by Crippen LogP contribution is -2.33. The summed E-state index contributed by atoms with van der Waals surface area (Å²) in [5.74, 6) is 1.02. The van der Waals surface area contributed by atoms with Crippen LogP contribution in [0.2, 0.25) is 0 Å². The third-order valence-electron chi connectivity index (χ3n) is 4.09. The molecule has 0 unspecified atom stereocenters. The van der Waals surface area contributed by atoms with E-state index in [1.54, 1.807) is 0 Å². The third kappa shape index (κ3) is 6.11. The van der Waals surface area contributed by atoms with Gasteiger partial charge in [-0.3, -0.25) is 4.21 Å². The number of nitrogens with one attached hydrogen (secondary N) is 2. The van der Waals surface area contributed by atoms with Gasteiger partial charge in [-0.15, -0.1) is 0 Å². The molecule has 4 nitrogen and oxygen atoms in total. The summed E-state index contributed by atoms with van der Waals surface area (Å²) >= 11 is 0. The van der Waals surface area contributed by atoms with Crippen LogP contribution < -0.4 is 10.6 Å². The summed E-state index contributed by atoms with van der Waals surface area (Å²) in [5, 5.41) is 5.81. The van der Waals surface area contributed by atoms with Crippen LogP contribution in [0.5, 0.6) is 0 Å². The molecule has 0 heterocycles. The molecule has 0 aromatic heterocycles. The van der Waals surface area contributed by atoms with Crippen molar-refractivity contribution < 1.29 is 9.00 Å². The van der Waals surface area contributed by atoms with Crippen LogP contribution in [-0.2, 0) is 16.6 Å². The number of benzene rings is 1. The number of allylic oxidation sites excluding steroid dienone is 2. The van der Waals surface area contributed by atoms with Crippen LogP contribution in [0, 0.1) is 5.92 Å². The number of anilines is 1. The molecule has 1 aromatic carbocycles. The van der Waals surface area contributed by atoms with Gasteiger partial charge in [0.1, 0.15) is 0 Å². The second-order valence-corrected chi connectivity index (χ2v) is 9.49. The maximum absolute atomic E-state index is 12.3. The fourth-order valence-electron chi connectivity index (χ4n) is 2.56. The Morgan fingerprint density at radius 1 is 1.29 bits per heavy atom. The van der Waals surface area contributed by atoms with E-state index >= 15 is 0 Å². The zero-order valence-corrected chi connectivity index (χ0v) is 15.6. The SMILES string of the molecule is CC(C)(C)[S@@](=O)Cc1cccc(NC(=O)NC[C@@H]2CC=CCC2)c1. The van der Waals surface area contributed by atoms with E-state index < -0.39 is 10.8 Å². The average Bonchev–Trinajstić information content (AvgIpc) is 2.53. The van der Waals surface area contributed by atoms with Gasteiger partial charge in [0.25, 0.3) is 0 Å². The van der Waals surface area contributed by atoms with Crippen molar-refractivity contribution in [1.29, 1.82) is 0 Å². The summed E-state index contributed by atoms with van der Waals surface area (Å²) in [4.78, 5) is 12.0. The van der Waals surface area contributed by atoms with Gasteiger partial charge in [0, 0.05) is 33.5 Å². The highest BCUT2D eigenvalue weighted by Gasteiger charge is 2.19. The van der Waals surface area contributed by atoms with E-state index in [9.17, 15) is 9.00 Å². The first-order chi connectivity index (χ1) is 11.3. The number of carbonyl (C=O) groups is 1. The predicted molar refractivity (Wildman–Crippen MR) is 102 cm³/mol. The van der Waals surface area contributed by atoms with E-state index in [1.165, 1.54) is 0 Å². The van der Waals surface area contributed by atoms with E-state index in [0.29, 0.717) is 18.2 Å². The molecule has 5 heteroatoms. The van der Waals surface area contributed by atoms with Crippen molar-refractivity contribution in [2.24, 2.45) is 5.92 Å². The largest absolute Gasteiger partial charge is 0.338 e. The molecular weight excluding hydrogens is 320 g/mol. The molecule has 0 radical (unpaired) electrons. The fraction of sp³-hybridized carbons (Fsp3) is 0.526. The van der Waals surface area contributed by atoms with Crippen molar-refractivity contribution >= 4 is 22.5 Å². The Kier molecular flexibility index (Phi) is 6.60. The molecule has 0 fully saturated rings. The van der Waals surface area contributed by atoms with Crippen LogP contribution in [-0.4, -0.2) is 21.5 Å². The smallest absolute Gasteiger partial charge is 0.319 e. The zero-order valence-electron chi connectivity index (χ0n) is 14.8. The van der Waals surface area contributed by atoms with E-state index in [1.807, 2.05) is 45.0 Å². The van der Waals surface area contributed by atoms with Crippen molar-refractivity contribution in [2.45, 2.75) is 50.5 Å². The summed E-state index contributed by atoms with van der Waals surface area (Å²) in [6.07, 6.45) is 7.65. The first-order valence-corrected chi connectivity index (χ1v) is 9.84. The maximum atomic E-state index is 12.3. The molecule has 2 atom stereocenters. The lowest BCUT2D eigenvalue weighted by atomic mass is 9.94. The van der Waals surface area contributed by atoms with Crippen LogP contribution in [0.4, 0.5) is 10.5 Å². The molecule has 0 spiro atoms. The van der Waals surface area contributed by atoms with Gasteiger partial charge >= 0.3 is 6.03 Å². The quantitative estimate of drug-likeness (QED) is 0.783. The minimum atomic E-state index is -0.951. The molecule has 24 heavy (non-hydrogen) atoms. The highest BCUT2D eigenvalue weighted by atomic mass is 32.2. The van der Waals surface area contributed by atoms with E-state index in [-0.39, 0.29) is 10.8 Å². The Labute approximate surface area is 147 Å². The Morgan fingerprint density at radius 2 is 2.08 bits per heavy atom. The van der Waals surface area contributed by atoms with Gasteiger partial charge in [-0.1, -0.05) is 24.3 Å². The van der Waals surface area contributed by atoms with Gasteiger partial charge in [0.15, 0.2) is 0 Å². The molecule has 2 N–H and O–H groups in total. The van der Waals surface area contributed by atoms with Gasteiger partial charge in [0.05, 0.1) is 0 Å². The lowest BCUT2D eigenvalue weighted by molar-refractivity contribution is 0.249. The van der Waals surface area contributed by atoms with Crippen molar-refractivity contribution in [2.75, 3.05) is 11.9 Å². The molecular formula is C19H28N2O2S. The van der Waals surface area contributed by atoms with Gasteiger partial charge in [-0.05, 0) is 63.6 Å². The highest BCUT2D eigenvalue weighted by molar-refractivity contribution is 7.85. The second kappa shape index (κ2) is 8.47. The molecule has 1 aliphatic rings. The molecule has 0 bridgehead atoms. The standard InChI is InChI=1S/C19H28N2O2S/c1-19(2,3)24(23)14-16-10-7-11-17(12-16)21-18(22)20-13-15-8-5-4-6-9-15/h4-5,7,10-12,15H,6,8-9,13-14H2,1-3H3,(H2,20,21,22)/t15-,24+/m1/s1. The minimum absolute atomic E-state index is 0.182. The van der Waals surface area contributed by atoms with Crippen LogP contribution in [0.25, 0.3) is 0 Å². The van der Waals surface area contributed by atoms with Crippen molar-refractivity contribution in [3.63, 3.8) is 0 Å². The number of hydrogen-bond acceptors (Lipinski definition) is 2. The maximum Gasteiger partial charge on any atom is 0.319 e. The Hall–Kier alpha value is -1.62. The monoisotopic (exact) mass is 348 g/mol. The predicted octanol–water partition coefficient (Wildman–Crippen LogP) is 4.21. The van der Waals surface area contributed by atoms with E-state index in [2.05, 4.69) is 22.8 Å². The second-order valence-electron chi connectivity index (χ2n) is 7.29. The topological polar surface area (TPSA) is 58.2 Å². The first-order valence-electron chi connectivity index (χ1n) is 8.52. The van der Waals surface area contributed by atoms with Gasteiger partial charge in [-0.2, -0.15) is 0 Å². The molecule has 0 saturated carbocycles. The number of urea groups is 1. The Morgan fingerprint density at radius 3 is 2.75 bits per heavy atom. The third-order valence-corrected chi connectivity index (χ3v) is 6.06. The van der Waals surface area contributed by atoms with Gasteiger partial charge in [-0.25, -0.2) is 4.79 Å². The summed E-state index contributed by atoms with van der Waals surface area (Å²) in [6, 6.07) is 7.40. The molecule has 1 aliphatic carbocycles. The normalized spacial score (nSPS) is 18.9. The Bertz CT molecular complexity index is 620. The number of rotatable bonds is 5. The minimum Gasteiger partial charge on any atom is -0.338 e. The van der Waals surface area contributed by atoms with Crippen molar-refractivity contribution in [1.82, 2.24) is 5.32 Å². The fourth-order valence-corrected chi connectivity index (χ4v) is 3.48. The van der Waals surface area contributed by atoms with Crippen molar-refractivity contribution in [3.05, 3.63) is 42.0 Å². The lowest BCUT2D eigenvalue weighted by Gasteiger charge is -2.19. The summed E-state index contributed by atoms with van der Waals surface area (Å²) in [5.41, 5.74) is 1.71. The number of carbonyl (C=O) groups excluding carboxylic acids is 1. The van der Waals surface area contributed by atoms with Crippen molar-refractivity contribution in [3.8, 4) is 0 Å². The summed E-state index contributed by atoms with van der Waals surface area (Å²) in [7, 11) is -0.951. The summed E-state index contributed by atoms with van der Waals surface area (Å²) < 4.78 is 12.0. The molecule has 132 valence electrons. The highest BCUT2D eigenvalue weighted by Crippen LogP contribution is 2.19.